The fraction of sp³-hybridized carbons (Fsp3) is 0.150. The maximum atomic E-state index is 13.4. The molecular weight excluding hydrogens is 350 g/mol. The molecule has 7 heteroatoms. The van der Waals surface area contributed by atoms with Crippen molar-refractivity contribution in [2.45, 2.75) is 13.3 Å². The molecule has 0 saturated carbocycles. The summed E-state index contributed by atoms with van der Waals surface area (Å²) in [7, 11) is 0. The van der Waals surface area contributed by atoms with E-state index in [0.29, 0.717) is 18.2 Å². The highest BCUT2D eigenvalue weighted by molar-refractivity contribution is 6.03. The van der Waals surface area contributed by atoms with Crippen molar-refractivity contribution in [3.63, 3.8) is 0 Å². The second-order valence-corrected chi connectivity index (χ2v) is 5.84. The second kappa shape index (κ2) is 8.35. The zero-order chi connectivity index (χ0) is 19.2. The van der Waals surface area contributed by atoms with Gasteiger partial charge in [-0.05, 0) is 18.6 Å². The number of amides is 1. The molecule has 0 bridgehead atoms. The van der Waals surface area contributed by atoms with E-state index in [1.807, 2.05) is 37.3 Å². The normalized spacial score (nSPS) is 10.5. The summed E-state index contributed by atoms with van der Waals surface area (Å²) in [4.78, 5) is 21.3. The Hall–Kier alpha value is -3.35. The number of hydrogen-bond donors (Lipinski definition) is 2. The summed E-state index contributed by atoms with van der Waals surface area (Å²) in [6.07, 6.45) is 0.890. The highest BCUT2D eigenvalue weighted by Crippen LogP contribution is 2.19. The number of anilines is 2. The third-order valence-electron chi connectivity index (χ3n) is 3.72. The molecule has 2 N–H and O–H groups in total. The predicted octanol–water partition coefficient (Wildman–Crippen LogP) is 4.50. The summed E-state index contributed by atoms with van der Waals surface area (Å²) < 4.78 is 26.4. The number of rotatable bonds is 6. The van der Waals surface area contributed by atoms with Crippen LogP contribution in [0.4, 0.5) is 20.3 Å². The van der Waals surface area contributed by atoms with Crippen LogP contribution in [0, 0.1) is 11.6 Å². The highest BCUT2D eigenvalue weighted by Gasteiger charge is 2.14. The van der Waals surface area contributed by atoms with Gasteiger partial charge in [0.25, 0.3) is 5.91 Å². The summed E-state index contributed by atoms with van der Waals surface area (Å²) in [6.45, 7) is 2.71. The third-order valence-corrected chi connectivity index (χ3v) is 3.72. The molecule has 2 aromatic carbocycles. The highest BCUT2D eigenvalue weighted by atomic mass is 19.2. The van der Waals surface area contributed by atoms with E-state index in [-0.39, 0.29) is 11.4 Å². The van der Waals surface area contributed by atoms with E-state index >= 15 is 0 Å². The van der Waals surface area contributed by atoms with Crippen LogP contribution in [-0.4, -0.2) is 22.4 Å². The lowest BCUT2D eigenvalue weighted by Crippen LogP contribution is -2.16. The Morgan fingerprint density at radius 1 is 1.00 bits per heavy atom. The molecule has 3 rings (SSSR count). The van der Waals surface area contributed by atoms with Gasteiger partial charge in [0, 0.05) is 29.9 Å². The molecule has 27 heavy (non-hydrogen) atoms. The van der Waals surface area contributed by atoms with Crippen molar-refractivity contribution < 1.29 is 13.6 Å². The quantitative estimate of drug-likeness (QED) is 0.672. The van der Waals surface area contributed by atoms with Gasteiger partial charge in [-0.3, -0.25) is 4.79 Å². The molecule has 0 atom stereocenters. The molecule has 0 aliphatic rings. The number of carbonyl (C=O) groups excluding carboxylic acids is 1. The van der Waals surface area contributed by atoms with Crippen molar-refractivity contribution >= 4 is 17.4 Å². The minimum absolute atomic E-state index is 0.118. The minimum atomic E-state index is -1.04. The van der Waals surface area contributed by atoms with E-state index in [9.17, 15) is 13.6 Å². The van der Waals surface area contributed by atoms with Gasteiger partial charge in [-0.25, -0.2) is 18.7 Å². The number of aromatic nitrogens is 2. The maximum Gasteiger partial charge on any atom is 0.274 e. The van der Waals surface area contributed by atoms with Crippen molar-refractivity contribution in [1.29, 1.82) is 0 Å². The summed E-state index contributed by atoms with van der Waals surface area (Å²) in [5.41, 5.74) is 1.02. The van der Waals surface area contributed by atoms with Gasteiger partial charge in [-0.15, -0.1) is 0 Å². The van der Waals surface area contributed by atoms with Gasteiger partial charge in [0.1, 0.15) is 11.5 Å². The molecule has 1 heterocycles. The van der Waals surface area contributed by atoms with Crippen molar-refractivity contribution in [1.82, 2.24) is 9.97 Å². The van der Waals surface area contributed by atoms with Crippen LogP contribution in [0.15, 0.2) is 54.6 Å². The Morgan fingerprint density at radius 3 is 2.48 bits per heavy atom. The van der Waals surface area contributed by atoms with Gasteiger partial charge < -0.3 is 10.6 Å². The first-order valence-corrected chi connectivity index (χ1v) is 8.51. The first kappa shape index (κ1) is 18.4. The molecule has 138 valence electrons. The average Bonchev–Trinajstić information content (AvgIpc) is 2.69. The monoisotopic (exact) mass is 368 g/mol. The van der Waals surface area contributed by atoms with E-state index in [1.54, 1.807) is 0 Å². The molecule has 1 aromatic heterocycles. The fourth-order valence-electron chi connectivity index (χ4n) is 2.39. The van der Waals surface area contributed by atoms with Crippen LogP contribution in [0.5, 0.6) is 0 Å². The Kier molecular flexibility index (Phi) is 5.71. The number of nitrogens with zero attached hydrogens (tertiary/aromatic N) is 2. The molecule has 0 fully saturated rings. The molecule has 0 saturated heterocycles. The van der Waals surface area contributed by atoms with E-state index in [4.69, 9.17) is 0 Å². The van der Waals surface area contributed by atoms with Crippen LogP contribution in [0.25, 0.3) is 11.4 Å². The SMILES string of the molecule is CCCNc1cc(C(=O)Nc2ccc(F)c(F)c2)nc(-c2ccccc2)n1. The lowest BCUT2D eigenvalue weighted by molar-refractivity contribution is 0.102. The first-order valence-electron chi connectivity index (χ1n) is 8.51. The Morgan fingerprint density at radius 2 is 1.78 bits per heavy atom. The average molecular weight is 368 g/mol. The smallest absolute Gasteiger partial charge is 0.274 e. The summed E-state index contributed by atoms with van der Waals surface area (Å²) in [6, 6.07) is 13.9. The molecule has 0 unspecified atom stereocenters. The summed E-state index contributed by atoms with van der Waals surface area (Å²) in [5, 5.41) is 5.66. The third kappa shape index (κ3) is 4.63. The molecule has 0 aliphatic heterocycles. The van der Waals surface area contributed by atoms with Gasteiger partial charge in [0.2, 0.25) is 0 Å². The van der Waals surface area contributed by atoms with Crippen LogP contribution in [0.2, 0.25) is 0 Å². The van der Waals surface area contributed by atoms with Gasteiger partial charge in [0.05, 0.1) is 0 Å². The van der Waals surface area contributed by atoms with Gasteiger partial charge in [0.15, 0.2) is 17.5 Å². The van der Waals surface area contributed by atoms with E-state index in [0.717, 1.165) is 24.1 Å². The lowest BCUT2D eigenvalue weighted by Gasteiger charge is -2.10. The molecule has 0 spiro atoms. The van der Waals surface area contributed by atoms with Gasteiger partial charge in [-0.2, -0.15) is 0 Å². The van der Waals surface area contributed by atoms with Gasteiger partial charge in [-0.1, -0.05) is 37.3 Å². The summed E-state index contributed by atoms with van der Waals surface area (Å²) >= 11 is 0. The summed E-state index contributed by atoms with van der Waals surface area (Å²) in [5.74, 6) is -1.65. The number of nitrogens with one attached hydrogen (secondary N) is 2. The Balaban J connectivity index is 1.92. The molecule has 1 amide bonds. The fourth-order valence-corrected chi connectivity index (χ4v) is 2.39. The standard InChI is InChI=1S/C20H18F2N4O/c1-2-10-23-18-12-17(25-19(26-18)13-6-4-3-5-7-13)20(27)24-14-8-9-15(21)16(22)11-14/h3-9,11-12H,2,10H2,1H3,(H,24,27)(H,23,25,26). The van der Waals surface area contributed by atoms with Crippen LogP contribution in [-0.2, 0) is 0 Å². The Bertz CT molecular complexity index is 948. The van der Waals surface area contributed by atoms with Gasteiger partial charge >= 0.3 is 0 Å². The van der Waals surface area contributed by atoms with Crippen molar-refractivity contribution in [2.75, 3.05) is 17.2 Å². The van der Waals surface area contributed by atoms with Crippen LogP contribution < -0.4 is 10.6 Å². The predicted molar refractivity (Wildman–Crippen MR) is 101 cm³/mol. The molecular formula is C20H18F2N4O. The van der Waals surface area contributed by atoms with Crippen molar-refractivity contribution in [3.8, 4) is 11.4 Å². The van der Waals surface area contributed by atoms with E-state index in [1.165, 1.54) is 12.1 Å². The van der Waals surface area contributed by atoms with Crippen LogP contribution >= 0.6 is 0 Å². The topological polar surface area (TPSA) is 66.9 Å². The number of hydrogen-bond acceptors (Lipinski definition) is 4. The lowest BCUT2D eigenvalue weighted by atomic mass is 10.2. The maximum absolute atomic E-state index is 13.4. The number of halogens is 2. The molecule has 5 nitrogen and oxygen atoms in total. The second-order valence-electron chi connectivity index (χ2n) is 5.84. The molecule has 3 aromatic rings. The zero-order valence-corrected chi connectivity index (χ0v) is 14.7. The van der Waals surface area contributed by atoms with Crippen molar-refractivity contribution in [2.24, 2.45) is 0 Å². The van der Waals surface area contributed by atoms with E-state index in [2.05, 4.69) is 20.6 Å². The number of benzene rings is 2. The minimum Gasteiger partial charge on any atom is -0.370 e. The van der Waals surface area contributed by atoms with Crippen LogP contribution in [0.3, 0.4) is 0 Å². The zero-order valence-electron chi connectivity index (χ0n) is 14.7. The molecule has 0 aliphatic carbocycles. The Labute approximate surface area is 155 Å². The largest absolute Gasteiger partial charge is 0.370 e. The number of carbonyl (C=O) groups is 1. The van der Waals surface area contributed by atoms with Crippen LogP contribution in [0.1, 0.15) is 23.8 Å². The van der Waals surface area contributed by atoms with E-state index < -0.39 is 17.5 Å². The first-order chi connectivity index (χ1) is 13.1. The van der Waals surface area contributed by atoms with Crippen molar-refractivity contribution in [3.05, 3.63) is 71.9 Å². The molecule has 0 radical (unpaired) electrons.